The largest absolute Gasteiger partial charge is 0.346 e. The number of nitrogens with two attached hydrogens (primary N) is 1. The van der Waals surface area contributed by atoms with Crippen LogP contribution in [0.1, 0.15) is 26.3 Å². The van der Waals surface area contributed by atoms with E-state index in [4.69, 9.17) is 5.73 Å². The van der Waals surface area contributed by atoms with Crippen LogP contribution in [0.25, 0.3) is 0 Å². The third-order valence-corrected chi connectivity index (χ3v) is 4.28. The summed E-state index contributed by atoms with van der Waals surface area (Å²) in [6, 6.07) is 4.67. The number of nitrogens with one attached hydrogen (secondary N) is 3. The first-order chi connectivity index (χ1) is 12.3. The molecule has 0 unspecified atom stereocenters. The monoisotopic (exact) mass is 397 g/mol. The van der Waals surface area contributed by atoms with Crippen LogP contribution in [0.15, 0.2) is 18.2 Å². The van der Waals surface area contributed by atoms with Crippen LogP contribution in [0.3, 0.4) is 0 Å². The van der Waals surface area contributed by atoms with Crippen molar-refractivity contribution in [1.82, 2.24) is 10.6 Å². The van der Waals surface area contributed by atoms with E-state index in [1.807, 2.05) is 26.8 Å². The molecule has 0 fully saturated rings. The molecule has 0 aromatic heterocycles. The topological polar surface area (TPSA) is 117 Å². The first-order valence-electron chi connectivity index (χ1n) is 8.85. The summed E-state index contributed by atoms with van der Waals surface area (Å²) in [5.74, 6) is -0.710. The molecule has 0 bridgehead atoms. The van der Waals surface area contributed by atoms with Crippen molar-refractivity contribution in [1.29, 1.82) is 0 Å². The highest BCUT2D eigenvalue weighted by Gasteiger charge is 2.24. The van der Waals surface area contributed by atoms with Crippen LogP contribution in [0.4, 0.5) is 16.2 Å². The van der Waals surface area contributed by atoms with Gasteiger partial charge in [-0.1, -0.05) is 19.9 Å². The molecule has 27 heavy (non-hydrogen) atoms. The Kier molecular flexibility index (Phi) is 8.52. The van der Waals surface area contributed by atoms with Crippen LogP contribution in [-0.2, 0) is 16.0 Å². The van der Waals surface area contributed by atoms with Gasteiger partial charge in [0.1, 0.15) is 0 Å². The van der Waals surface area contributed by atoms with E-state index in [-0.39, 0.29) is 42.7 Å². The van der Waals surface area contributed by atoms with Crippen LogP contribution >= 0.6 is 12.4 Å². The Balaban J connectivity index is 0.00000364. The number of amides is 4. The van der Waals surface area contributed by atoms with Gasteiger partial charge in [0.25, 0.3) is 0 Å². The van der Waals surface area contributed by atoms with Gasteiger partial charge in [0.05, 0.1) is 18.3 Å². The first kappa shape index (κ1) is 22.7. The average Bonchev–Trinajstić information content (AvgIpc) is 3.02. The minimum absolute atomic E-state index is 0. The fourth-order valence-corrected chi connectivity index (χ4v) is 2.71. The molecule has 0 saturated heterocycles. The number of hydrogen-bond donors (Lipinski definition) is 4. The third-order valence-electron chi connectivity index (χ3n) is 4.28. The Morgan fingerprint density at radius 3 is 2.56 bits per heavy atom. The van der Waals surface area contributed by atoms with Crippen LogP contribution in [0.5, 0.6) is 0 Å². The van der Waals surface area contributed by atoms with Crippen LogP contribution in [0.2, 0.25) is 0 Å². The number of urea groups is 1. The molecule has 1 heterocycles. The lowest BCUT2D eigenvalue weighted by Gasteiger charge is -2.18. The normalized spacial score (nSPS) is 13.4. The van der Waals surface area contributed by atoms with Gasteiger partial charge in [0.15, 0.2) is 0 Å². The Hall–Kier alpha value is -2.32. The van der Waals surface area contributed by atoms with Crippen molar-refractivity contribution in [3.05, 3.63) is 23.8 Å². The van der Waals surface area contributed by atoms with Crippen LogP contribution in [-0.4, -0.2) is 43.5 Å². The smallest absolute Gasteiger partial charge is 0.321 e. The van der Waals surface area contributed by atoms with Gasteiger partial charge in [-0.05, 0) is 37.0 Å². The van der Waals surface area contributed by atoms with Gasteiger partial charge in [-0.25, -0.2) is 4.79 Å². The second-order valence-corrected chi connectivity index (χ2v) is 6.62. The average molecular weight is 398 g/mol. The number of carbonyl (C=O) groups excluding carboxylic acids is 3. The Morgan fingerprint density at radius 2 is 1.93 bits per heavy atom. The molecule has 150 valence electrons. The predicted molar refractivity (Wildman–Crippen MR) is 108 cm³/mol. The lowest BCUT2D eigenvalue weighted by molar-refractivity contribution is -0.125. The van der Waals surface area contributed by atoms with Crippen molar-refractivity contribution in [2.24, 2.45) is 11.7 Å². The summed E-state index contributed by atoms with van der Waals surface area (Å²) in [6.07, 6.45) is 0.782. The van der Waals surface area contributed by atoms with Gasteiger partial charge in [0, 0.05) is 18.8 Å². The summed E-state index contributed by atoms with van der Waals surface area (Å²) in [5.41, 5.74) is 8.17. The lowest BCUT2D eigenvalue weighted by Crippen LogP contribution is -2.46. The zero-order chi connectivity index (χ0) is 19.3. The predicted octanol–water partition coefficient (Wildman–Crippen LogP) is 1.24. The van der Waals surface area contributed by atoms with E-state index in [1.165, 1.54) is 0 Å². The SMILES string of the molecule is CCNC(=O)N1CCc2ccc(NC(=O)CNC(=O)[C@@H](N)C(C)C)cc21.Cl. The van der Waals surface area contributed by atoms with Crippen LogP contribution in [0, 0.1) is 5.92 Å². The summed E-state index contributed by atoms with van der Waals surface area (Å²) in [4.78, 5) is 37.6. The van der Waals surface area contributed by atoms with Gasteiger partial charge in [0.2, 0.25) is 11.8 Å². The molecule has 1 aromatic rings. The van der Waals surface area contributed by atoms with E-state index in [0.29, 0.717) is 18.8 Å². The molecule has 0 saturated carbocycles. The number of halogens is 1. The third kappa shape index (κ3) is 5.83. The number of carbonyl (C=O) groups is 3. The molecular weight excluding hydrogens is 370 g/mol. The van der Waals surface area contributed by atoms with Crippen molar-refractivity contribution in [3.8, 4) is 0 Å². The molecule has 1 aliphatic rings. The number of hydrogen-bond acceptors (Lipinski definition) is 4. The molecule has 4 amide bonds. The summed E-state index contributed by atoms with van der Waals surface area (Å²) < 4.78 is 0. The van der Waals surface area contributed by atoms with E-state index in [9.17, 15) is 14.4 Å². The molecule has 0 radical (unpaired) electrons. The quantitative estimate of drug-likeness (QED) is 0.577. The highest BCUT2D eigenvalue weighted by atomic mass is 35.5. The Labute approximate surface area is 165 Å². The summed E-state index contributed by atoms with van der Waals surface area (Å²) in [5, 5.41) is 8.04. The number of benzene rings is 1. The molecule has 9 heteroatoms. The summed E-state index contributed by atoms with van der Waals surface area (Å²) in [7, 11) is 0. The maximum atomic E-state index is 12.1. The minimum atomic E-state index is -0.645. The van der Waals surface area contributed by atoms with Gasteiger partial charge < -0.3 is 21.7 Å². The van der Waals surface area contributed by atoms with Gasteiger partial charge in [-0.2, -0.15) is 0 Å². The second-order valence-electron chi connectivity index (χ2n) is 6.62. The Morgan fingerprint density at radius 1 is 1.22 bits per heavy atom. The van der Waals surface area contributed by atoms with Crippen molar-refractivity contribution < 1.29 is 14.4 Å². The number of anilines is 2. The molecule has 1 aliphatic heterocycles. The van der Waals surface area contributed by atoms with E-state index >= 15 is 0 Å². The van der Waals surface area contributed by atoms with E-state index in [2.05, 4.69) is 16.0 Å². The van der Waals surface area contributed by atoms with E-state index in [0.717, 1.165) is 17.7 Å². The second kappa shape index (κ2) is 10.1. The molecule has 0 spiro atoms. The molecular formula is C18H28ClN5O3. The van der Waals surface area contributed by atoms with Crippen LogP contribution < -0.4 is 26.6 Å². The zero-order valence-electron chi connectivity index (χ0n) is 15.9. The molecule has 8 nitrogen and oxygen atoms in total. The standard InChI is InChI=1S/C18H27N5O3.ClH/c1-4-20-18(26)23-8-7-12-5-6-13(9-14(12)23)22-15(24)10-21-17(25)16(19)11(2)3;/h5-6,9,11,16H,4,7-8,10,19H2,1-3H3,(H,20,26)(H,21,25)(H,22,24);1H/t16-;/m0./s1. The highest BCUT2D eigenvalue weighted by molar-refractivity contribution is 5.98. The number of fused-ring (bicyclic) bond motifs is 1. The van der Waals surface area contributed by atoms with Crippen molar-refractivity contribution in [3.63, 3.8) is 0 Å². The summed E-state index contributed by atoms with van der Waals surface area (Å²) >= 11 is 0. The molecule has 1 aromatic carbocycles. The van der Waals surface area contributed by atoms with Crippen molar-refractivity contribution in [2.75, 3.05) is 29.9 Å². The van der Waals surface area contributed by atoms with Gasteiger partial charge >= 0.3 is 6.03 Å². The van der Waals surface area contributed by atoms with E-state index < -0.39 is 6.04 Å². The van der Waals surface area contributed by atoms with Gasteiger partial charge in [-0.3, -0.25) is 14.5 Å². The zero-order valence-corrected chi connectivity index (χ0v) is 16.7. The number of nitrogens with zero attached hydrogens (tertiary/aromatic N) is 1. The van der Waals surface area contributed by atoms with E-state index in [1.54, 1.807) is 17.0 Å². The van der Waals surface area contributed by atoms with Crippen molar-refractivity contribution in [2.45, 2.75) is 33.2 Å². The number of rotatable bonds is 6. The minimum Gasteiger partial charge on any atom is -0.346 e. The Bertz CT molecular complexity index is 696. The van der Waals surface area contributed by atoms with Crippen molar-refractivity contribution >= 4 is 41.6 Å². The fourth-order valence-electron chi connectivity index (χ4n) is 2.71. The first-order valence-corrected chi connectivity index (χ1v) is 8.85. The fraction of sp³-hybridized carbons (Fsp3) is 0.500. The molecule has 2 rings (SSSR count). The summed E-state index contributed by atoms with van der Waals surface area (Å²) in [6.45, 7) is 6.56. The maximum Gasteiger partial charge on any atom is 0.321 e. The highest BCUT2D eigenvalue weighted by Crippen LogP contribution is 2.30. The molecule has 0 aliphatic carbocycles. The molecule has 1 atom stereocenters. The maximum absolute atomic E-state index is 12.1. The molecule has 5 N–H and O–H groups in total. The van der Waals surface area contributed by atoms with Gasteiger partial charge in [-0.15, -0.1) is 12.4 Å². The lowest BCUT2D eigenvalue weighted by atomic mass is 10.1.